The SMILES string of the molecule is CCCCCCSc1nc(C)cc(CN2CCOCC2)n1. The van der Waals surface area contributed by atoms with Crippen LogP contribution in [0.1, 0.15) is 44.0 Å². The predicted octanol–water partition coefficient (Wildman–Crippen LogP) is 3.29. The molecular formula is C16H27N3OS. The van der Waals surface area contributed by atoms with Gasteiger partial charge < -0.3 is 4.74 Å². The Bertz CT molecular complexity index is 422. The molecular weight excluding hydrogens is 282 g/mol. The summed E-state index contributed by atoms with van der Waals surface area (Å²) in [4.78, 5) is 11.7. The first-order valence-corrected chi connectivity index (χ1v) is 9.04. The Labute approximate surface area is 132 Å². The largest absolute Gasteiger partial charge is 0.379 e. The van der Waals surface area contributed by atoms with Crippen LogP contribution in [0.5, 0.6) is 0 Å². The van der Waals surface area contributed by atoms with E-state index in [1.54, 1.807) is 11.8 Å². The molecule has 5 heteroatoms. The summed E-state index contributed by atoms with van der Waals surface area (Å²) in [6, 6.07) is 2.11. The van der Waals surface area contributed by atoms with Gasteiger partial charge in [0.05, 0.1) is 18.9 Å². The van der Waals surface area contributed by atoms with E-state index in [1.807, 2.05) is 0 Å². The van der Waals surface area contributed by atoms with Crippen LogP contribution in [0, 0.1) is 6.92 Å². The van der Waals surface area contributed by atoms with Crippen molar-refractivity contribution in [2.45, 2.75) is 51.2 Å². The maximum absolute atomic E-state index is 5.39. The van der Waals surface area contributed by atoms with Gasteiger partial charge >= 0.3 is 0 Å². The first-order chi connectivity index (χ1) is 10.3. The first-order valence-electron chi connectivity index (χ1n) is 8.05. The monoisotopic (exact) mass is 309 g/mol. The van der Waals surface area contributed by atoms with E-state index < -0.39 is 0 Å². The number of rotatable bonds is 8. The van der Waals surface area contributed by atoms with Crippen molar-refractivity contribution in [3.63, 3.8) is 0 Å². The summed E-state index contributed by atoms with van der Waals surface area (Å²) in [5.74, 6) is 1.13. The van der Waals surface area contributed by atoms with Crippen molar-refractivity contribution in [1.82, 2.24) is 14.9 Å². The minimum Gasteiger partial charge on any atom is -0.379 e. The van der Waals surface area contributed by atoms with E-state index in [-0.39, 0.29) is 0 Å². The summed E-state index contributed by atoms with van der Waals surface area (Å²) in [7, 11) is 0. The third-order valence-electron chi connectivity index (χ3n) is 3.61. The second-order valence-corrected chi connectivity index (χ2v) is 6.64. The fraction of sp³-hybridized carbons (Fsp3) is 0.750. The highest BCUT2D eigenvalue weighted by molar-refractivity contribution is 7.99. The molecule has 0 N–H and O–H groups in total. The van der Waals surface area contributed by atoms with Crippen molar-refractivity contribution in [2.24, 2.45) is 0 Å². The van der Waals surface area contributed by atoms with Crippen LogP contribution in [0.4, 0.5) is 0 Å². The predicted molar refractivity (Wildman–Crippen MR) is 87.7 cm³/mol. The highest BCUT2D eigenvalue weighted by Gasteiger charge is 2.12. The molecule has 0 bridgehead atoms. The van der Waals surface area contributed by atoms with Crippen LogP contribution in [0.25, 0.3) is 0 Å². The van der Waals surface area contributed by atoms with Gasteiger partial charge in [-0.05, 0) is 19.4 Å². The zero-order valence-electron chi connectivity index (χ0n) is 13.3. The molecule has 0 aliphatic carbocycles. The molecule has 0 spiro atoms. The normalized spacial score (nSPS) is 16.3. The first kappa shape index (κ1) is 16.7. The number of hydrogen-bond acceptors (Lipinski definition) is 5. The quantitative estimate of drug-likeness (QED) is 0.418. The lowest BCUT2D eigenvalue weighted by atomic mass is 10.2. The second kappa shape index (κ2) is 9.38. The molecule has 4 nitrogen and oxygen atoms in total. The van der Waals surface area contributed by atoms with Gasteiger partial charge in [0.2, 0.25) is 0 Å². The highest BCUT2D eigenvalue weighted by Crippen LogP contribution is 2.17. The molecule has 0 unspecified atom stereocenters. The molecule has 1 saturated heterocycles. The van der Waals surface area contributed by atoms with E-state index in [4.69, 9.17) is 9.72 Å². The minimum absolute atomic E-state index is 0.836. The van der Waals surface area contributed by atoms with Crippen molar-refractivity contribution in [2.75, 3.05) is 32.1 Å². The van der Waals surface area contributed by atoms with Crippen LogP contribution in [0.15, 0.2) is 11.2 Å². The van der Waals surface area contributed by atoms with Gasteiger partial charge in [-0.3, -0.25) is 4.90 Å². The van der Waals surface area contributed by atoms with Gasteiger partial charge in [0.15, 0.2) is 5.16 Å². The molecule has 1 aromatic rings. The van der Waals surface area contributed by atoms with Crippen molar-refractivity contribution >= 4 is 11.8 Å². The maximum atomic E-state index is 5.39. The average molecular weight is 309 g/mol. The molecule has 2 heterocycles. The highest BCUT2D eigenvalue weighted by atomic mass is 32.2. The third-order valence-corrected chi connectivity index (χ3v) is 4.54. The van der Waals surface area contributed by atoms with Gasteiger partial charge in [0, 0.05) is 31.1 Å². The van der Waals surface area contributed by atoms with Gasteiger partial charge in [0.25, 0.3) is 0 Å². The maximum Gasteiger partial charge on any atom is 0.188 e. The van der Waals surface area contributed by atoms with Crippen LogP contribution in [0.3, 0.4) is 0 Å². The third kappa shape index (κ3) is 6.32. The van der Waals surface area contributed by atoms with E-state index in [1.165, 1.54) is 25.7 Å². The Morgan fingerprint density at radius 2 is 2.00 bits per heavy atom. The minimum atomic E-state index is 0.836. The molecule has 0 radical (unpaired) electrons. The molecule has 0 atom stereocenters. The zero-order chi connectivity index (χ0) is 14.9. The molecule has 0 saturated carbocycles. The van der Waals surface area contributed by atoms with Crippen molar-refractivity contribution in [3.8, 4) is 0 Å². The Balaban J connectivity index is 1.84. The molecule has 1 aliphatic rings. The summed E-state index contributed by atoms with van der Waals surface area (Å²) in [6.45, 7) is 8.90. The molecule has 1 aromatic heterocycles. The second-order valence-electron chi connectivity index (χ2n) is 5.58. The lowest BCUT2D eigenvalue weighted by molar-refractivity contribution is 0.0335. The molecule has 2 rings (SSSR count). The van der Waals surface area contributed by atoms with E-state index in [2.05, 4.69) is 29.8 Å². The molecule has 0 aromatic carbocycles. The number of ether oxygens (including phenoxy) is 1. The number of morpholine rings is 1. The summed E-state index contributed by atoms with van der Waals surface area (Å²) < 4.78 is 5.39. The number of unbranched alkanes of at least 4 members (excludes halogenated alkanes) is 3. The van der Waals surface area contributed by atoms with E-state index in [0.717, 1.165) is 55.1 Å². The summed E-state index contributed by atoms with van der Waals surface area (Å²) in [5, 5.41) is 0.940. The van der Waals surface area contributed by atoms with Crippen molar-refractivity contribution in [3.05, 3.63) is 17.5 Å². The molecule has 118 valence electrons. The van der Waals surface area contributed by atoms with Crippen LogP contribution in [-0.2, 0) is 11.3 Å². The zero-order valence-corrected chi connectivity index (χ0v) is 14.1. The number of hydrogen-bond donors (Lipinski definition) is 0. The summed E-state index contributed by atoms with van der Waals surface area (Å²) in [5.41, 5.74) is 2.21. The fourth-order valence-electron chi connectivity index (χ4n) is 2.43. The number of aromatic nitrogens is 2. The van der Waals surface area contributed by atoms with Crippen LogP contribution >= 0.6 is 11.8 Å². The Kier molecular flexibility index (Phi) is 7.47. The van der Waals surface area contributed by atoms with Gasteiger partial charge in [-0.25, -0.2) is 9.97 Å². The molecule has 1 aliphatic heterocycles. The van der Waals surface area contributed by atoms with E-state index in [9.17, 15) is 0 Å². The Morgan fingerprint density at radius 3 is 2.76 bits per heavy atom. The van der Waals surface area contributed by atoms with Crippen LogP contribution < -0.4 is 0 Å². The van der Waals surface area contributed by atoms with E-state index >= 15 is 0 Å². The van der Waals surface area contributed by atoms with E-state index in [0.29, 0.717) is 0 Å². The van der Waals surface area contributed by atoms with Crippen molar-refractivity contribution in [1.29, 1.82) is 0 Å². The molecule has 0 amide bonds. The number of nitrogens with zero attached hydrogens (tertiary/aromatic N) is 3. The van der Waals surface area contributed by atoms with Crippen LogP contribution in [0.2, 0.25) is 0 Å². The topological polar surface area (TPSA) is 38.2 Å². The van der Waals surface area contributed by atoms with Gasteiger partial charge in [-0.1, -0.05) is 37.9 Å². The fourth-order valence-corrected chi connectivity index (χ4v) is 3.35. The smallest absolute Gasteiger partial charge is 0.188 e. The number of thioether (sulfide) groups is 1. The Hall–Kier alpha value is -0.650. The average Bonchev–Trinajstić information content (AvgIpc) is 2.47. The summed E-state index contributed by atoms with van der Waals surface area (Å²) >= 11 is 1.80. The van der Waals surface area contributed by atoms with Gasteiger partial charge in [-0.15, -0.1) is 0 Å². The lowest BCUT2D eigenvalue weighted by Crippen LogP contribution is -2.35. The molecule has 21 heavy (non-hydrogen) atoms. The Morgan fingerprint density at radius 1 is 1.19 bits per heavy atom. The van der Waals surface area contributed by atoms with Crippen LogP contribution in [-0.4, -0.2) is 46.9 Å². The number of aryl methyl sites for hydroxylation is 1. The summed E-state index contributed by atoms with van der Waals surface area (Å²) in [6.07, 6.45) is 5.19. The van der Waals surface area contributed by atoms with Gasteiger partial charge in [-0.2, -0.15) is 0 Å². The standard InChI is InChI=1S/C16H27N3OS/c1-3-4-5-6-11-21-16-17-14(2)12-15(18-16)13-19-7-9-20-10-8-19/h12H,3-11,13H2,1-2H3. The lowest BCUT2D eigenvalue weighted by Gasteiger charge is -2.26. The van der Waals surface area contributed by atoms with Crippen molar-refractivity contribution < 1.29 is 4.74 Å². The molecule has 1 fully saturated rings. The van der Waals surface area contributed by atoms with Gasteiger partial charge in [0.1, 0.15) is 0 Å².